The Labute approximate surface area is 135 Å². The van der Waals surface area contributed by atoms with Crippen molar-refractivity contribution < 1.29 is 9.32 Å². The highest BCUT2D eigenvalue weighted by Crippen LogP contribution is 2.21. The van der Waals surface area contributed by atoms with E-state index >= 15 is 0 Å². The summed E-state index contributed by atoms with van der Waals surface area (Å²) >= 11 is 0. The average molecular weight is 317 g/mol. The topological polar surface area (TPSA) is 77.0 Å². The minimum Gasteiger partial charge on any atom is -0.341 e. The van der Waals surface area contributed by atoms with Crippen LogP contribution in [0.3, 0.4) is 0 Å². The number of aromatic nitrogens is 4. The van der Waals surface area contributed by atoms with Crippen LogP contribution in [0.15, 0.2) is 23.2 Å². The van der Waals surface area contributed by atoms with Gasteiger partial charge in [-0.25, -0.2) is 4.98 Å². The lowest BCUT2D eigenvalue weighted by atomic mass is 10.0. The van der Waals surface area contributed by atoms with Gasteiger partial charge in [0.1, 0.15) is 0 Å². The monoisotopic (exact) mass is 317 g/mol. The number of hydrogen-bond acceptors (Lipinski definition) is 5. The van der Waals surface area contributed by atoms with Crippen molar-refractivity contribution in [1.29, 1.82) is 0 Å². The molecule has 2 aromatic heterocycles. The summed E-state index contributed by atoms with van der Waals surface area (Å²) in [6.07, 6.45) is 10.4. The van der Waals surface area contributed by atoms with Gasteiger partial charge in [0.2, 0.25) is 11.8 Å². The molecule has 7 heteroatoms. The number of hydrogen-bond donors (Lipinski definition) is 0. The van der Waals surface area contributed by atoms with Crippen LogP contribution in [0.4, 0.5) is 0 Å². The fourth-order valence-corrected chi connectivity index (χ4v) is 3.00. The van der Waals surface area contributed by atoms with Crippen LogP contribution in [0.2, 0.25) is 0 Å². The minimum atomic E-state index is 0.157. The number of imidazole rings is 1. The molecule has 0 aromatic carbocycles. The molecule has 1 fully saturated rings. The van der Waals surface area contributed by atoms with Gasteiger partial charge in [0.05, 0.1) is 12.4 Å². The molecule has 23 heavy (non-hydrogen) atoms. The second-order valence-electron chi connectivity index (χ2n) is 6.00. The van der Waals surface area contributed by atoms with Crippen LogP contribution in [0.5, 0.6) is 0 Å². The minimum absolute atomic E-state index is 0.157. The van der Waals surface area contributed by atoms with Crippen LogP contribution in [0.25, 0.3) is 0 Å². The Bertz CT molecular complexity index is 622. The van der Waals surface area contributed by atoms with Crippen LogP contribution in [0.1, 0.15) is 50.4 Å². The highest BCUT2D eigenvalue weighted by Gasteiger charge is 2.24. The maximum Gasteiger partial charge on any atom is 0.227 e. The predicted octanol–water partition coefficient (Wildman–Crippen LogP) is 2.01. The zero-order valence-corrected chi connectivity index (χ0v) is 13.5. The highest BCUT2D eigenvalue weighted by molar-refractivity contribution is 5.76. The molecule has 1 aliphatic rings. The van der Waals surface area contributed by atoms with Gasteiger partial charge >= 0.3 is 0 Å². The number of rotatable bonds is 6. The molecule has 3 heterocycles. The first-order valence-electron chi connectivity index (χ1n) is 8.33. The molecule has 0 N–H and O–H groups in total. The Hall–Kier alpha value is -2.18. The van der Waals surface area contributed by atoms with Crippen molar-refractivity contribution in [1.82, 2.24) is 24.6 Å². The standard InChI is InChI=1S/C16H23N5O2/c1-2-4-14-18-15(23-19-14)6-7-16(22)20-9-3-5-13(11-20)21-10-8-17-12-21/h8,10,12-13H,2-7,9,11H2,1H3. The van der Waals surface area contributed by atoms with Crippen LogP contribution in [-0.2, 0) is 17.6 Å². The maximum absolute atomic E-state index is 12.4. The molecule has 1 unspecified atom stereocenters. The normalized spacial score (nSPS) is 18.3. The highest BCUT2D eigenvalue weighted by atomic mass is 16.5. The Balaban J connectivity index is 1.51. The van der Waals surface area contributed by atoms with E-state index in [1.54, 1.807) is 6.20 Å². The molecule has 0 bridgehead atoms. The molecule has 1 saturated heterocycles. The van der Waals surface area contributed by atoms with E-state index in [0.29, 0.717) is 24.8 Å². The zero-order chi connectivity index (χ0) is 16.1. The molecule has 2 aromatic rings. The van der Waals surface area contributed by atoms with Crippen LogP contribution in [0, 0.1) is 0 Å². The summed E-state index contributed by atoms with van der Waals surface area (Å²) < 4.78 is 7.28. The molecule has 0 saturated carbocycles. The molecular formula is C16H23N5O2. The van der Waals surface area contributed by atoms with Crippen LogP contribution >= 0.6 is 0 Å². The van der Waals surface area contributed by atoms with Gasteiger partial charge in [-0.3, -0.25) is 4.79 Å². The number of aryl methyl sites for hydroxylation is 2. The molecule has 1 atom stereocenters. The lowest BCUT2D eigenvalue weighted by molar-refractivity contribution is -0.132. The van der Waals surface area contributed by atoms with Gasteiger partial charge in [-0.2, -0.15) is 4.98 Å². The summed E-state index contributed by atoms with van der Waals surface area (Å²) in [5.74, 6) is 1.45. The molecule has 0 spiro atoms. The SMILES string of the molecule is CCCc1noc(CCC(=O)N2CCCC(n3ccnc3)C2)n1. The first kappa shape index (κ1) is 15.7. The first-order chi connectivity index (χ1) is 11.3. The van der Waals surface area contributed by atoms with Crippen molar-refractivity contribution in [3.05, 3.63) is 30.4 Å². The van der Waals surface area contributed by atoms with E-state index in [-0.39, 0.29) is 5.91 Å². The van der Waals surface area contributed by atoms with Gasteiger partial charge in [-0.15, -0.1) is 0 Å². The summed E-state index contributed by atoms with van der Waals surface area (Å²) in [6, 6.07) is 0.328. The molecule has 3 rings (SSSR count). The summed E-state index contributed by atoms with van der Waals surface area (Å²) in [6.45, 7) is 3.65. The Morgan fingerprint density at radius 2 is 2.35 bits per heavy atom. The summed E-state index contributed by atoms with van der Waals surface area (Å²) in [7, 11) is 0. The Morgan fingerprint density at radius 1 is 1.43 bits per heavy atom. The van der Waals surface area contributed by atoms with Crippen LogP contribution in [-0.4, -0.2) is 43.6 Å². The van der Waals surface area contributed by atoms with Crippen LogP contribution < -0.4 is 0 Å². The average Bonchev–Trinajstić information content (AvgIpc) is 3.25. The van der Waals surface area contributed by atoms with Crippen molar-refractivity contribution in [3.63, 3.8) is 0 Å². The number of carbonyl (C=O) groups excluding carboxylic acids is 1. The molecule has 1 amide bonds. The number of likely N-dealkylation sites (tertiary alicyclic amines) is 1. The summed E-state index contributed by atoms with van der Waals surface area (Å²) in [4.78, 5) is 22.8. The Kier molecular flexibility index (Phi) is 5.05. The van der Waals surface area contributed by atoms with Gasteiger partial charge in [0.25, 0.3) is 0 Å². The third-order valence-electron chi connectivity index (χ3n) is 4.23. The molecule has 124 valence electrons. The van der Waals surface area contributed by atoms with E-state index < -0.39 is 0 Å². The fraction of sp³-hybridized carbons (Fsp3) is 0.625. The van der Waals surface area contributed by atoms with Gasteiger partial charge < -0.3 is 14.0 Å². The molecule has 7 nitrogen and oxygen atoms in total. The van der Waals surface area contributed by atoms with Gasteiger partial charge in [0, 0.05) is 44.7 Å². The van der Waals surface area contributed by atoms with Crippen molar-refractivity contribution in [2.45, 2.75) is 51.5 Å². The summed E-state index contributed by atoms with van der Waals surface area (Å²) in [5.41, 5.74) is 0. The lowest BCUT2D eigenvalue weighted by Crippen LogP contribution is -2.40. The smallest absolute Gasteiger partial charge is 0.227 e. The molecular weight excluding hydrogens is 294 g/mol. The fourth-order valence-electron chi connectivity index (χ4n) is 3.00. The quantitative estimate of drug-likeness (QED) is 0.814. The number of carbonyl (C=O) groups is 1. The van der Waals surface area contributed by atoms with Crippen molar-refractivity contribution in [3.8, 4) is 0 Å². The van der Waals surface area contributed by atoms with Crippen molar-refractivity contribution in [2.75, 3.05) is 13.1 Å². The second kappa shape index (κ2) is 7.39. The molecule has 1 aliphatic heterocycles. The third kappa shape index (κ3) is 3.97. The predicted molar refractivity (Wildman–Crippen MR) is 83.7 cm³/mol. The van der Waals surface area contributed by atoms with E-state index in [4.69, 9.17) is 4.52 Å². The summed E-state index contributed by atoms with van der Waals surface area (Å²) in [5, 5.41) is 3.92. The number of amides is 1. The van der Waals surface area contributed by atoms with Crippen molar-refractivity contribution >= 4 is 5.91 Å². The Morgan fingerprint density at radius 3 is 3.13 bits per heavy atom. The third-order valence-corrected chi connectivity index (χ3v) is 4.23. The van der Waals surface area contributed by atoms with E-state index in [1.807, 2.05) is 17.4 Å². The number of nitrogens with zero attached hydrogens (tertiary/aromatic N) is 5. The van der Waals surface area contributed by atoms with Crippen molar-refractivity contribution in [2.24, 2.45) is 0 Å². The lowest BCUT2D eigenvalue weighted by Gasteiger charge is -2.33. The molecule has 0 aliphatic carbocycles. The van der Waals surface area contributed by atoms with E-state index in [0.717, 1.165) is 44.6 Å². The second-order valence-corrected chi connectivity index (χ2v) is 6.00. The van der Waals surface area contributed by atoms with E-state index in [2.05, 4.69) is 26.6 Å². The first-order valence-corrected chi connectivity index (χ1v) is 8.33. The zero-order valence-electron chi connectivity index (χ0n) is 13.5. The molecule has 0 radical (unpaired) electrons. The van der Waals surface area contributed by atoms with Gasteiger partial charge in [-0.1, -0.05) is 12.1 Å². The van der Waals surface area contributed by atoms with E-state index in [9.17, 15) is 4.79 Å². The number of piperidine rings is 1. The van der Waals surface area contributed by atoms with Gasteiger partial charge in [0.15, 0.2) is 5.82 Å². The largest absolute Gasteiger partial charge is 0.341 e. The van der Waals surface area contributed by atoms with Gasteiger partial charge in [-0.05, 0) is 19.3 Å². The van der Waals surface area contributed by atoms with E-state index in [1.165, 1.54) is 0 Å². The maximum atomic E-state index is 12.4.